The highest BCUT2D eigenvalue weighted by molar-refractivity contribution is 6.01. The van der Waals surface area contributed by atoms with Crippen LogP contribution in [0, 0.1) is 11.3 Å². The molecule has 2 amide bonds. The number of nitrogens with zero attached hydrogens (tertiary/aromatic N) is 3. The lowest BCUT2D eigenvalue weighted by molar-refractivity contribution is -0.117. The summed E-state index contributed by atoms with van der Waals surface area (Å²) in [5.41, 5.74) is 7.27. The lowest BCUT2D eigenvalue weighted by atomic mass is 10.2. The molecule has 7 heteroatoms. The molecule has 7 nitrogen and oxygen atoms in total. The van der Waals surface area contributed by atoms with E-state index < -0.39 is 5.91 Å². The number of amides is 2. The second kappa shape index (κ2) is 8.26. The average molecular weight is 335 g/mol. The molecule has 1 aromatic carbocycles. The number of hydrogen-bond acceptors (Lipinski definition) is 5. The van der Waals surface area contributed by atoms with E-state index in [1.807, 2.05) is 6.07 Å². The van der Waals surface area contributed by atoms with Crippen LogP contribution in [0.25, 0.3) is 0 Å². The third-order valence-corrected chi connectivity index (χ3v) is 3.29. The van der Waals surface area contributed by atoms with Gasteiger partial charge in [0.2, 0.25) is 5.91 Å². The molecule has 2 rings (SSSR count). The van der Waals surface area contributed by atoms with Crippen molar-refractivity contribution in [1.82, 2.24) is 10.3 Å². The number of benzene rings is 1. The molecule has 2 aromatic rings. The maximum atomic E-state index is 12.2. The first-order chi connectivity index (χ1) is 12.0. The van der Waals surface area contributed by atoms with Crippen molar-refractivity contribution < 1.29 is 9.59 Å². The van der Waals surface area contributed by atoms with Crippen LogP contribution in [-0.4, -0.2) is 16.8 Å². The van der Waals surface area contributed by atoms with Crippen molar-refractivity contribution in [3.63, 3.8) is 0 Å². The Morgan fingerprint density at radius 1 is 1.36 bits per heavy atom. The molecule has 126 valence electrons. The van der Waals surface area contributed by atoms with Crippen LogP contribution in [0.3, 0.4) is 0 Å². The zero-order valence-corrected chi connectivity index (χ0v) is 13.6. The maximum absolute atomic E-state index is 12.2. The number of aromatic nitrogens is 1. The standard InChI is InChI=1S/C18H17N5O2/c1-13(24)23(17-6-2-5-16(20)8-17)12-15(9-19)18(25)22-11-14-4-3-7-21-10-14/h2-8,10,12H,11,20H2,1H3,(H,22,25)/b15-12-. The molecule has 0 aliphatic rings. The van der Waals surface area contributed by atoms with E-state index in [4.69, 9.17) is 5.73 Å². The summed E-state index contributed by atoms with van der Waals surface area (Å²) >= 11 is 0. The summed E-state index contributed by atoms with van der Waals surface area (Å²) < 4.78 is 0. The first kappa shape index (κ1) is 17.7. The van der Waals surface area contributed by atoms with E-state index in [1.54, 1.807) is 48.8 Å². The van der Waals surface area contributed by atoms with Crippen LogP contribution >= 0.6 is 0 Å². The predicted molar refractivity (Wildman–Crippen MR) is 93.8 cm³/mol. The monoisotopic (exact) mass is 335 g/mol. The smallest absolute Gasteiger partial charge is 0.263 e. The zero-order valence-electron chi connectivity index (χ0n) is 13.6. The Morgan fingerprint density at radius 3 is 2.76 bits per heavy atom. The van der Waals surface area contributed by atoms with E-state index >= 15 is 0 Å². The van der Waals surface area contributed by atoms with Crippen molar-refractivity contribution in [2.24, 2.45) is 0 Å². The fourth-order valence-electron chi connectivity index (χ4n) is 2.07. The molecule has 0 saturated carbocycles. The summed E-state index contributed by atoms with van der Waals surface area (Å²) in [7, 11) is 0. The zero-order chi connectivity index (χ0) is 18.2. The molecule has 0 aliphatic carbocycles. The van der Waals surface area contributed by atoms with Crippen molar-refractivity contribution in [2.75, 3.05) is 10.6 Å². The van der Waals surface area contributed by atoms with Crippen LogP contribution in [0.2, 0.25) is 0 Å². The maximum Gasteiger partial charge on any atom is 0.263 e. The van der Waals surface area contributed by atoms with E-state index in [2.05, 4.69) is 10.3 Å². The van der Waals surface area contributed by atoms with Crippen molar-refractivity contribution in [3.8, 4) is 6.07 Å². The summed E-state index contributed by atoms with van der Waals surface area (Å²) in [6.07, 6.45) is 4.45. The van der Waals surface area contributed by atoms with Crippen LogP contribution in [0.15, 0.2) is 60.6 Å². The van der Waals surface area contributed by atoms with E-state index in [1.165, 1.54) is 18.0 Å². The minimum Gasteiger partial charge on any atom is -0.399 e. The first-order valence-electron chi connectivity index (χ1n) is 7.45. The molecule has 0 spiro atoms. The summed E-state index contributed by atoms with van der Waals surface area (Å²) in [5, 5.41) is 11.9. The molecule has 3 N–H and O–H groups in total. The van der Waals surface area contributed by atoms with E-state index in [0.29, 0.717) is 11.4 Å². The highest BCUT2D eigenvalue weighted by Gasteiger charge is 2.15. The Kier molecular flexibility index (Phi) is 5.85. The number of carbonyl (C=O) groups is 2. The molecule has 0 atom stereocenters. The number of nitrogen functional groups attached to an aromatic ring is 1. The highest BCUT2D eigenvalue weighted by Crippen LogP contribution is 2.19. The minimum atomic E-state index is -0.582. The molecule has 0 radical (unpaired) electrons. The van der Waals surface area contributed by atoms with Gasteiger partial charge in [-0.2, -0.15) is 5.26 Å². The predicted octanol–water partition coefficient (Wildman–Crippen LogP) is 1.74. The van der Waals surface area contributed by atoms with Crippen molar-refractivity contribution in [3.05, 3.63) is 66.1 Å². The Morgan fingerprint density at radius 2 is 2.16 bits per heavy atom. The summed E-state index contributed by atoms with van der Waals surface area (Å²) in [6, 6.07) is 12.0. The van der Waals surface area contributed by atoms with Crippen LogP contribution < -0.4 is 16.0 Å². The quantitative estimate of drug-likeness (QED) is 0.491. The van der Waals surface area contributed by atoms with Crippen LogP contribution in [0.1, 0.15) is 12.5 Å². The van der Waals surface area contributed by atoms with Crippen LogP contribution in [0.5, 0.6) is 0 Å². The minimum absolute atomic E-state index is 0.193. The van der Waals surface area contributed by atoms with Gasteiger partial charge in [0, 0.05) is 37.7 Å². The summed E-state index contributed by atoms with van der Waals surface area (Å²) in [5.74, 6) is -0.931. The van der Waals surface area contributed by atoms with Gasteiger partial charge in [-0.25, -0.2) is 0 Å². The number of nitriles is 1. The van der Waals surface area contributed by atoms with E-state index in [-0.39, 0.29) is 18.0 Å². The molecule has 0 unspecified atom stereocenters. The largest absolute Gasteiger partial charge is 0.399 e. The number of nitrogens with two attached hydrogens (primary N) is 1. The number of pyridine rings is 1. The van der Waals surface area contributed by atoms with Gasteiger partial charge in [-0.1, -0.05) is 12.1 Å². The van der Waals surface area contributed by atoms with E-state index in [0.717, 1.165) is 5.56 Å². The third-order valence-electron chi connectivity index (χ3n) is 3.29. The lowest BCUT2D eigenvalue weighted by Crippen LogP contribution is -2.28. The first-order valence-corrected chi connectivity index (χ1v) is 7.45. The lowest BCUT2D eigenvalue weighted by Gasteiger charge is -2.17. The molecule has 1 aromatic heterocycles. The molecule has 25 heavy (non-hydrogen) atoms. The number of nitrogens with one attached hydrogen (secondary N) is 1. The number of rotatable bonds is 5. The molecule has 0 fully saturated rings. The van der Waals surface area contributed by atoms with Gasteiger partial charge in [0.25, 0.3) is 5.91 Å². The molecule has 0 saturated heterocycles. The highest BCUT2D eigenvalue weighted by atomic mass is 16.2. The summed E-state index contributed by atoms with van der Waals surface area (Å²) in [4.78, 5) is 29.3. The molecular formula is C18H17N5O2. The Hall–Kier alpha value is -3.66. The fraction of sp³-hybridized carbons (Fsp3) is 0.111. The van der Waals surface area contributed by atoms with Crippen molar-refractivity contribution in [1.29, 1.82) is 5.26 Å². The van der Waals surface area contributed by atoms with Crippen LogP contribution in [-0.2, 0) is 16.1 Å². The Balaban J connectivity index is 2.19. The Labute approximate surface area is 145 Å². The van der Waals surface area contributed by atoms with Gasteiger partial charge in [0.15, 0.2) is 0 Å². The van der Waals surface area contributed by atoms with Crippen molar-refractivity contribution in [2.45, 2.75) is 13.5 Å². The Bertz CT molecular complexity index is 840. The fourth-order valence-corrected chi connectivity index (χ4v) is 2.07. The van der Waals surface area contributed by atoms with Gasteiger partial charge in [-0.3, -0.25) is 19.5 Å². The van der Waals surface area contributed by atoms with Gasteiger partial charge < -0.3 is 11.1 Å². The third kappa shape index (κ3) is 4.91. The number of anilines is 2. The number of hydrogen-bond donors (Lipinski definition) is 2. The average Bonchev–Trinajstić information content (AvgIpc) is 2.61. The van der Waals surface area contributed by atoms with Gasteiger partial charge in [0.05, 0.1) is 5.69 Å². The van der Waals surface area contributed by atoms with Gasteiger partial charge in [-0.05, 0) is 29.8 Å². The second-order valence-electron chi connectivity index (χ2n) is 5.18. The molecular weight excluding hydrogens is 318 g/mol. The van der Waals surface area contributed by atoms with Gasteiger partial charge in [-0.15, -0.1) is 0 Å². The van der Waals surface area contributed by atoms with Gasteiger partial charge in [0.1, 0.15) is 11.6 Å². The second-order valence-corrected chi connectivity index (χ2v) is 5.18. The van der Waals surface area contributed by atoms with Crippen LogP contribution in [0.4, 0.5) is 11.4 Å². The number of carbonyl (C=O) groups excluding carboxylic acids is 2. The summed E-state index contributed by atoms with van der Waals surface area (Å²) in [6.45, 7) is 1.56. The molecule has 0 aliphatic heterocycles. The topological polar surface area (TPSA) is 112 Å². The van der Waals surface area contributed by atoms with E-state index in [9.17, 15) is 14.9 Å². The SMILES string of the molecule is CC(=O)N(/C=C(/C#N)C(=O)NCc1cccnc1)c1cccc(N)c1. The van der Waals surface area contributed by atoms with Crippen molar-refractivity contribution >= 4 is 23.2 Å². The normalized spacial score (nSPS) is 10.6. The van der Waals surface area contributed by atoms with Gasteiger partial charge >= 0.3 is 0 Å². The molecule has 1 heterocycles. The molecule has 0 bridgehead atoms.